The molecule has 1 aliphatic rings. The lowest BCUT2D eigenvalue weighted by molar-refractivity contribution is -0.132. The molecule has 0 bridgehead atoms. The van der Waals surface area contributed by atoms with Gasteiger partial charge >= 0.3 is 0 Å². The number of thiophene rings is 1. The summed E-state index contributed by atoms with van der Waals surface area (Å²) in [5, 5.41) is 1.72. The maximum Gasteiger partial charge on any atom is 0.252 e. The predicted octanol–water partition coefficient (Wildman–Crippen LogP) is 1.31. The van der Waals surface area contributed by atoms with E-state index in [1.54, 1.807) is 29.5 Å². The van der Waals surface area contributed by atoms with Gasteiger partial charge < -0.3 is 9.80 Å². The summed E-state index contributed by atoms with van der Waals surface area (Å²) in [5.41, 5.74) is 0. The van der Waals surface area contributed by atoms with Gasteiger partial charge in [0, 0.05) is 33.2 Å². The van der Waals surface area contributed by atoms with Crippen LogP contribution in [0.2, 0.25) is 0 Å². The highest BCUT2D eigenvalue weighted by molar-refractivity contribution is 7.91. The zero-order valence-corrected chi connectivity index (χ0v) is 15.6. The smallest absolute Gasteiger partial charge is 0.252 e. The molecule has 1 fully saturated rings. The van der Waals surface area contributed by atoms with Gasteiger partial charge in [-0.2, -0.15) is 4.31 Å². The Balaban J connectivity index is 1.93. The fourth-order valence-corrected chi connectivity index (χ4v) is 5.10. The van der Waals surface area contributed by atoms with Crippen molar-refractivity contribution in [2.24, 2.45) is 0 Å². The summed E-state index contributed by atoms with van der Waals surface area (Å²) in [6, 6.07) is 3.45. The number of carbonyl (C=O) groups is 1. The van der Waals surface area contributed by atoms with Crippen molar-refractivity contribution in [2.45, 2.75) is 30.0 Å². The third kappa shape index (κ3) is 4.32. The van der Waals surface area contributed by atoms with Crippen LogP contribution < -0.4 is 0 Å². The number of likely N-dealkylation sites (tertiary alicyclic amines) is 1. The lowest BCUT2D eigenvalue weighted by atomic mass is 10.0. The second-order valence-electron chi connectivity index (χ2n) is 5.86. The fraction of sp³-hybridized carbons (Fsp3) is 0.667. The minimum absolute atomic E-state index is 0.120. The molecule has 2 heterocycles. The molecule has 1 aromatic rings. The van der Waals surface area contributed by atoms with Crippen LogP contribution in [0.15, 0.2) is 21.7 Å². The predicted molar refractivity (Wildman–Crippen MR) is 92.0 cm³/mol. The van der Waals surface area contributed by atoms with Gasteiger partial charge in [-0.3, -0.25) is 4.79 Å². The van der Waals surface area contributed by atoms with Crippen LogP contribution in [-0.2, 0) is 14.8 Å². The molecular formula is C15H25N3O3S2. The van der Waals surface area contributed by atoms with E-state index in [0.717, 1.165) is 48.1 Å². The van der Waals surface area contributed by atoms with E-state index in [4.69, 9.17) is 0 Å². The molecular weight excluding hydrogens is 334 g/mol. The van der Waals surface area contributed by atoms with Crippen molar-refractivity contribution in [3.8, 4) is 0 Å². The molecule has 1 saturated heterocycles. The van der Waals surface area contributed by atoms with E-state index in [1.807, 2.05) is 0 Å². The Morgan fingerprint density at radius 1 is 1.35 bits per heavy atom. The van der Waals surface area contributed by atoms with Crippen molar-refractivity contribution < 1.29 is 13.2 Å². The maximum absolute atomic E-state index is 12.4. The first-order valence-electron chi connectivity index (χ1n) is 7.84. The molecule has 0 aromatic carbocycles. The summed E-state index contributed by atoms with van der Waals surface area (Å²) in [6.45, 7) is 5.03. The Bertz CT molecular complexity index is 608. The van der Waals surface area contributed by atoms with Crippen LogP contribution in [0.4, 0.5) is 0 Å². The summed E-state index contributed by atoms with van der Waals surface area (Å²) in [4.78, 5) is 16.5. The molecule has 0 aliphatic carbocycles. The van der Waals surface area contributed by atoms with Gasteiger partial charge in [0.1, 0.15) is 4.21 Å². The number of hydrogen-bond donors (Lipinski definition) is 0. The van der Waals surface area contributed by atoms with E-state index in [0.29, 0.717) is 0 Å². The molecule has 6 nitrogen and oxygen atoms in total. The highest BCUT2D eigenvalue weighted by Gasteiger charge is 2.28. The van der Waals surface area contributed by atoms with Crippen LogP contribution in [0.1, 0.15) is 19.8 Å². The number of hydrogen-bond acceptors (Lipinski definition) is 5. The van der Waals surface area contributed by atoms with E-state index < -0.39 is 10.0 Å². The van der Waals surface area contributed by atoms with Crippen molar-refractivity contribution in [1.29, 1.82) is 0 Å². The second kappa shape index (κ2) is 7.74. The van der Waals surface area contributed by atoms with Crippen LogP contribution in [0.3, 0.4) is 0 Å². The Hall–Kier alpha value is -0.960. The van der Waals surface area contributed by atoms with E-state index in [-0.39, 0.29) is 22.7 Å². The summed E-state index contributed by atoms with van der Waals surface area (Å²) < 4.78 is 26.1. The van der Waals surface area contributed by atoms with E-state index in [1.165, 1.54) is 7.05 Å². The highest BCUT2D eigenvalue weighted by Crippen LogP contribution is 2.20. The van der Waals surface area contributed by atoms with Crippen molar-refractivity contribution in [3.05, 3.63) is 17.5 Å². The number of piperidine rings is 1. The first-order chi connectivity index (χ1) is 10.9. The molecule has 0 radical (unpaired) electrons. The minimum atomic E-state index is -3.57. The van der Waals surface area contributed by atoms with Crippen LogP contribution in [0, 0.1) is 0 Å². The first-order valence-corrected chi connectivity index (χ1v) is 10.2. The lowest BCUT2D eigenvalue weighted by Crippen LogP contribution is -2.48. The lowest BCUT2D eigenvalue weighted by Gasteiger charge is -2.36. The third-order valence-electron chi connectivity index (χ3n) is 4.46. The maximum atomic E-state index is 12.4. The van der Waals surface area contributed by atoms with Crippen molar-refractivity contribution in [3.63, 3.8) is 0 Å². The number of nitrogens with zero attached hydrogens (tertiary/aromatic N) is 3. The second-order valence-corrected chi connectivity index (χ2v) is 9.08. The Morgan fingerprint density at radius 3 is 2.52 bits per heavy atom. The monoisotopic (exact) mass is 359 g/mol. The molecule has 8 heteroatoms. The summed E-state index contributed by atoms with van der Waals surface area (Å²) in [5.74, 6) is -0.150. The molecule has 0 spiro atoms. The zero-order valence-electron chi connectivity index (χ0n) is 13.9. The normalized spacial score (nSPS) is 17.6. The average molecular weight is 360 g/mol. The average Bonchev–Trinajstić information content (AvgIpc) is 3.09. The van der Waals surface area contributed by atoms with Gasteiger partial charge in [-0.25, -0.2) is 8.42 Å². The summed E-state index contributed by atoms with van der Waals surface area (Å²) >= 11 is 1.16. The van der Waals surface area contributed by atoms with Crippen LogP contribution in [-0.4, -0.2) is 74.7 Å². The number of carbonyl (C=O) groups excluding carboxylic acids is 1. The van der Waals surface area contributed by atoms with E-state index >= 15 is 0 Å². The van der Waals surface area contributed by atoms with Gasteiger partial charge in [0.15, 0.2) is 0 Å². The van der Waals surface area contributed by atoms with Gasteiger partial charge in [-0.1, -0.05) is 13.0 Å². The number of amides is 1. The highest BCUT2D eigenvalue weighted by atomic mass is 32.2. The zero-order chi connectivity index (χ0) is 17.0. The largest absolute Gasteiger partial charge is 0.342 e. The van der Waals surface area contributed by atoms with Gasteiger partial charge in [0.25, 0.3) is 10.0 Å². The molecule has 2 rings (SSSR count). The molecule has 130 valence electrons. The van der Waals surface area contributed by atoms with Crippen molar-refractivity contribution >= 4 is 27.3 Å². The molecule has 1 aliphatic heterocycles. The first kappa shape index (κ1) is 18.4. The van der Waals surface area contributed by atoms with E-state index in [2.05, 4.69) is 11.8 Å². The number of rotatable bonds is 6. The fourth-order valence-electron chi connectivity index (χ4n) is 2.78. The topological polar surface area (TPSA) is 60.9 Å². The Labute approximate surface area is 142 Å². The Morgan fingerprint density at radius 2 is 2.00 bits per heavy atom. The summed E-state index contributed by atoms with van der Waals surface area (Å²) in [7, 11) is -0.335. The molecule has 0 saturated carbocycles. The van der Waals surface area contributed by atoms with Gasteiger partial charge in [0.2, 0.25) is 5.91 Å². The molecule has 23 heavy (non-hydrogen) atoms. The van der Waals surface area contributed by atoms with Crippen LogP contribution in [0.5, 0.6) is 0 Å². The SMILES string of the molecule is CCN1CCC(N(C)C(=O)CN(C)S(=O)(=O)c2cccs2)CC1. The Kier molecular flexibility index (Phi) is 6.19. The molecule has 1 aromatic heterocycles. The van der Waals surface area contributed by atoms with Gasteiger partial charge in [0.05, 0.1) is 6.54 Å². The standard InChI is InChI=1S/C15H25N3O3S2/c1-4-18-9-7-13(8-10-18)17(3)14(19)12-16(2)23(20,21)15-6-5-11-22-15/h5-6,11,13H,4,7-10,12H2,1-3H3. The summed E-state index contributed by atoms with van der Waals surface area (Å²) in [6.07, 6.45) is 1.88. The minimum Gasteiger partial charge on any atom is -0.342 e. The molecule has 0 N–H and O–H groups in total. The van der Waals surface area contributed by atoms with Crippen LogP contribution >= 0.6 is 11.3 Å². The van der Waals surface area contributed by atoms with Gasteiger partial charge in [-0.15, -0.1) is 11.3 Å². The molecule has 1 amide bonds. The quantitative estimate of drug-likeness (QED) is 0.768. The van der Waals surface area contributed by atoms with Gasteiger partial charge in [-0.05, 0) is 30.8 Å². The van der Waals surface area contributed by atoms with Crippen molar-refractivity contribution in [2.75, 3.05) is 40.3 Å². The third-order valence-corrected chi connectivity index (χ3v) is 7.64. The van der Waals surface area contributed by atoms with E-state index in [9.17, 15) is 13.2 Å². The van der Waals surface area contributed by atoms with Crippen molar-refractivity contribution in [1.82, 2.24) is 14.1 Å². The molecule has 0 atom stereocenters. The van der Waals surface area contributed by atoms with Crippen LogP contribution in [0.25, 0.3) is 0 Å². The number of sulfonamides is 1. The molecule has 0 unspecified atom stereocenters. The number of likely N-dealkylation sites (N-methyl/N-ethyl adjacent to an activating group) is 2.